The Morgan fingerprint density at radius 2 is 1.92 bits per heavy atom. The highest BCUT2D eigenvalue weighted by Gasteiger charge is 2.17. The topological polar surface area (TPSA) is 67.9 Å². The molecule has 0 spiro atoms. The number of terminal acetylenes is 1. The molecular formula is C18H16N2O4. The van der Waals surface area contributed by atoms with E-state index in [1.807, 2.05) is 6.07 Å². The number of benzene rings is 2. The second-order valence-electron chi connectivity index (χ2n) is 4.64. The summed E-state index contributed by atoms with van der Waals surface area (Å²) in [6, 6.07) is 15.3. The van der Waals surface area contributed by atoms with Crippen molar-refractivity contribution in [1.29, 1.82) is 0 Å². The van der Waals surface area contributed by atoms with E-state index in [-0.39, 0.29) is 12.3 Å². The Hall–Kier alpha value is -3.46. The molecule has 2 amide bonds. The molecule has 2 aromatic rings. The lowest BCUT2D eigenvalue weighted by atomic mass is 10.3. The maximum Gasteiger partial charge on any atom is 0.420 e. The summed E-state index contributed by atoms with van der Waals surface area (Å²) < 4.78 is 9.85. The summed E-state index contributed by atoms with van der Waals surface area (Å²) in [6.45, 7) is 0.0724. The van der Waals surface area contributed by atoms with Crippen molar-refractivity contribution >= 4 is 23.6 Å². The van der Waals surface area contributed by atoms with Crippen LogP contribution in [0.4, 0.5) is 21.0 Å². The molecule has 0 heterocycles. The van der Waals surface area contributed by atoms with Gasteiger partial charge in [-0.15, -0.1) is 6.42 Å². The normalized spacial score (nSPS) is 9.50. The van der Waals surface area contributed by atoms with Crippen molar-refractivity contribution in [3.63, 3.8) is 0 Å². The summed E-state index contributed by atoms with van der Waals surface area (Å²) in [5, 5.41) is 2.49. The number of methoxy groups -OCH3 is 1. The van der Waals surface area contributed by atoms with E-state index in [1.165, 1.54) is 18.1 Å². The first kappa shape index (κ1) is 16.9. The zero-order valence-corrected chi connectivity index (χ0v) is 13.1. The molecule has 0 unspecified atom stereocenters. The summed E-state index contributed by atoms with van der Waals surface area (Å²) in [7, 11) is 1.26. The smallest absolute Gasteiger partial charge is 0.420 e. The molecule has 6 nitrogen and oxygen atoms in total. The summed E-state index contributed by atoms with van der Waals surface area (Å²) in [6.07, 6.45) is 4.10. The maximum absolute atomic E-state index is 12.4. The average molecular weight is 324 g/mol. The van der Waals surface area contributed by atoms with E-state index < -0.39 is 12.2 Å². The molecule has 0 aliphatic rings. The van der Waals surface area contributed by atoms with Gasteiger partial charge in [0, 0.05) is 17.4 Å². The van der Waals surface area contributed by atoms with Gasteiger partial charge in [-0.1, -0.05) is 30.2 Å². The number of carbonyl (C=O) groups is 2. The first-order valence-electron chi connectivity index (χ1n) is 7.07. The summed E-state index contributed by atoms with van der Waals surface area (Å²) >= 11 is 0. The molecule has 2 aromatic carbocycles. The number of rotatable bonds is 4. The van der Waals surface area contributed by atoms with Crippen LogP contribution in [-0.4, -0.2) is 25.8 Å². The van der Waals surface area contributed by atoms with E-state index in [9.17, 15) is 9.59 Å². The lowest BCUT2D eigenvalue weighted by Crippen LogP contribution is -2.33. The van der Waals surface area contributed by atoms with Crippen molar-refractivity contribution in [2.75, 3.05) is 23.9 Å². The molecule has 0 fully saturated rings. The zero-order valence-electron chi connectivity index (χ0n) is 13.1. The van der Waals surface area contributed by atoms with Crippen LogP contribution in [0.5, 0.6) is 5.75 Å². The largest absolute Gasteiger partial charge is 0.453 e. The van der Waals surface area contributed by atoms with Crippen molar-refractivity contribution in [1.82, 2.24) is 0 Å². The second-order valence-corrected chi connectivity index (χ2v) is 4.64. The van der Waals surface area contributed by atoms with Crippen LogP contribution in [0, 0.1) is 12.3 Å². The molecule has 0 aliphatic carbocycles. The van der Waals surface area contributed by atoms with Gasteiger partial charge in [0.05, 0.1) is 13.7 Å². The second kappa shape index (κ2) is 8.25. The van der Waals surface area contributed by atoms with E-state index >= 15 is 0 Å². The number of hydrogen-bond donors (Lipinski definition) is 1. The van der Waals surface area contributed by atoms with Crippen molar-refractivity contribution in [3.05, 3.63) is 54.6 Å². The van der Waals surface area contributed by atoms with Gasteiger partial charge in [0.25, 0.3) is 0 Å². The van der Waals surface area contributed by atoms with Gasteiger partial charge in [-0.25, -0.2) is 9.59 Å². The quantitative estimate of drug-likeness (QED) is 0.874. The van der Waals surface area contributed by atoms with E-state index in [2.05, 4.69) is 16.0 Å². The van der Waals surface area contributed by atoms with Crippen LogP contribution in [-0.2, 0) is 4.74 Å². The van der Waals surface area contributed by atoms with Gasteiger partial charge in [-0.3, -0.25) is 10.2 Å². The van der Waals surface area contributed by atoms with Gasteiger partial charge in [0.2, 0.25) is 0 Å². The number of amides is 2. The lowest BCUT2D eigenvalue weighted by molar-refractivity contribution is 0.187. The predicted octanol–water partition coefficient (Wildman–Crippen LogP) is 3.50. The molecule has 6 heteroatoms. The fourth-order valence-electron chi connectivity index (χ4n) is 1.92. The first-order chi connectivity index (χ1) is 11.6. The molecule has 0 atom stereocenters. The van der Waals surface area contributed by atoms with Crippen LogP contribution >= 0.6 is 0 Å². The summed E-state index contributed by atoms with van der Waals surface area (Å²) in [4.78, 5) is 24.9. The Bertz CT molecular complexity index is 753. The number of hydrogen-bond acceptors (Lipinski definition) is 4. The van der Waals surface area contributed by atoms with E-state index in [0.29, 0.717) is 11.4 Å². The molecule has 0 radical (unpaired) electrons. The number of nitrogens with one attached hydrogen (secondary N) is 1. The van der Waals surface area contributed by atoms with Crippen LogP contribution in [0.25, 0.3) is 0 Å². The van der Waals surface area contributed by atoms with Crippen molar-refractivity contribution in [2.24, 2.45) is 0 Å². The highest BCUT2D eigenvalue weighted by Crippen LogP contribution is 2.20. The van der Waals surface area contributed by atoms with Crippen molar-refractivity contribution < 1.29 is 19.1 Å². The lowest BCUT2D eigenvalue weighted by Gasteiger charge is -2.19. The SMILES string of the molecule is C#CCN(C(=O)Oc1cccc(NC(=O)OC)c1)c1ccccc1. The van der Waals surface area contributed by atoms with Gasteiger partial charge in [0.15, 0.2) is 0 Å². The van der Waals surface area contributed by atoms with E-state index in [0.717, 1.165) is 0 Å². The Balaban J connectivity index is 2.14. The third-order valence-electron chi connectivity index (χ3n) is 3.01. The summed E-state index contributed by atoms with van der Waals surface area (Å²) in [5.74, 6) is 2.70. The molecule has 0 aliphatic heterocycles. The highest BCUT2D eigenvalue weighted by molar-refractivity contribution is 5.90. The fraction of sp³-hybridized carbons (Fsp3) is 0.111. The third kappa shape index (κ3) is 4.52. The fourth-order valence-corrected chi connectivity index (χ4v) is 1.92. The molecule has 0 bridgehead atoms. The van der Waals surface area contributed by atoms with Crippen LogP contribution in [0.15, 0.2) is 54.6 Å². The molecular weight excluding hydrogens is 308 g/mol. The molecule has 24 heavy (non-hydrogen) atoms. The Labute approximate surface area is 140 Å². The molecule has 2 rings (SSSR count). The minimum atomic E-state index is -0.616. The molecule has 1 N–H and O–H groups in total. The average Bonchev–Trinajstić information content (AvgIpc) is 2.60. The molecule has 0 aromatic heterocycles. The predicted molar refractivity (Wildman–Crippen MR) is 91.1 cm³/mol. The maximum atomic E-state index is 12.4. The van der Waals surface area contributed by atoms with Gasteiger partial charge in [-0.05, 0) is 24.3 Å². The standard InChI is InChI=1S/C18H16N2O4/c1-3-12-20(15-9-5-4-6-10-15)18(22)24-16-11-7-8-14(13-16)19-17(21)23-2/h1,4-11,13H,12H2,2H3,(H,19,21). The van der Waals surface area contributed by atoms with Crippen LogP contribution in [0.3, 0.4) is 0 Å². The van der Waals surface area contributed by atoms with Crippen molar-refractivity contribution in [2.45, 2.75) is 0 Å². The van der Waals surface area contributed by atoms with Gasteiger partial charge in [-0.2, -0.15) is 0 Å². The van der Waals surface area contributed by atoms with E-state index in [1.54, 1.807) is 42.5 Å². The first-order valence-corrected chi connectivity index (χ1v) is 7.07. The monoisotopic (exact) mass is 324 g/mol. The minimum absolute atomic E-state index is 0.0724. The molecule has 0 saturated carbocycles. The number of nitrogens with zero attached hydrogens (tertiary/aromatic N) is 1. The Kier molecular flexibility index (Phi) is 5.81. The number of ether oxygens (including phenoxy) is 2. The van der Waals surface area contributed by atoms with Crippen LogP contribution in [0.2, 0.25) is 0 Å². The highest BCUT2D eigenvalue weighted by atomic mass is 16.6. The number of carbonyl (C=O) groups excluding carboxylic acids is 2. The third-order valence-corrected chi connectivity index (χ3v) is 3.01. The minimum Gasteiger partial charge on any atom is -0.453 e. The number of para-hydroxylation sites is 1. The summed E-state index contributed by atoms with van der Waals surface area (Å²) in [5.41, 5.74) is 1.07. The molecule has 0 saturated heterocycles. The van der Waals surface area contributed by atoms with Gasteiger partial charge in [0.1, 0.15) is 5.75 Å². The van der Waals surface area contributed by atoms with Gasteiger partial charge < -0.3 is 9.47 Å². The van der Waals surface area contributed by atoms with Crippen molar-refractivity contribution in [3.8, 4) is 18.1 Å². The van der Waals surface area contributed by atoms with Gasteiger partial charge >= 0.3 is 12.2 Å². The number of anilines is 2. The Morgan fingerprint density at radius 1 is 1.17 bits per heavy atom. The Morgan fingerprint density at radius 3 is 2.58 bits per heavy atom. The zero-order chi connectivity index (χ0) is 17.4. The molecule has 122 valence electrons. The van der Waals surface area contributed by atoms with Crippen LogP contribution in [0.1, 0.15) is 0 Å². The van der Waals surface area contributed by atoms with E-state index in [4.69, 9.17) is 11.2 Å². The van der Waals surface area contributed by atoms with Crippen LogP contribution < -0.4 is 15.0 Å².